The third kappa shape index (κ3) is 3.47. The van der Waals surface area contributed by atoms with Gasteiger partial charge in [-0.25, -0.2) is 0 Å². The van der Waals surface area contributed by atoms with E-state index in [2.05, 4.69) is 41.5 Å². The van der Waals surface area contributed by atoms with Gasteiger partial charge in [0.15, 0.2) is 0 Å². The molecular weight excluding hydrogens is 448 g/mol. The minimum atomic E-state index is -0.590. The van der Waals surface area contributed by atoms with E-state index in [0.29, 0.717) is 40.3 Å². The van der Waals surface area contributed by atoms with Crippen LogP contribution in [0.3, 0.4) is 0 Å². The van der Waals surface area contributed by atoms with E-state index in [0.717, 1.165) is 25.7 Å². The van der Waals surface area contributed by atoms with E-state index in [4.69, 9.17) is 9.47 Å². The van der Waals surface area contributed by atoms with Gasteiger partial charge in [-0.05, 0) is 118 Å². The van der Waals surface area contributed by atoms with Gasteiger partial charge in [-0.2, -0.15) is 0 Å². The number of carbonyl (C=O) groups is 2. The number of hydrogen-bond acceptors (Lipinski definition) is 4. The van der Waals surface area contributed by atoms with Crippen LogP contribution in [0.4, 0.5) is 0 Å². The summed E-state index contributed by atoms with van der Waals surface area (Å²) in [5, 5.41) is 0. The molecule has 204 valence electrons. The molecule has 4 aliphatic carbocycles. The van der Waals surface area contributed by atoms with E-state index < -0.39 is 5.60 Å². The maximum atomic E-state index is 12.9. The van der Waals surface area contributed by atoms with Crippen LogP contribution in [0, 0.1) is 45.3 Å². The third-order valence-electron chi connectivity index (χ3n) is 13.4. The second-order valence-corrected chi connectivity index (χ2v) is 15.6. The van der Waals surface area contributed by atoms with Gasteiger partial charge in [0.05, 0.1) is 11.7 Å². The number of ketones is 1. The molecule has 0 radical (unpaired) electrons. The van der Waals surface area contributed by atoms with Crippen LogP contribution in [0.2, 0.25) is 0 Å². The van der Waals surface area contributed by atoms with Crippen molar-refractivity contribution in [1.29, 1.82) is 0 Å². The zero-order valence-corrected chi connectivity index (χ0v) is 24.6. The molecule has 9 atom stereocenters. The van der Waals surface area contributed by atoms with Gasteiger partial charge in [0.2, 0.25) is 0 Å². The lowest BCUT2D eigenvalue weighted by molar-refractivity contribution is -0.211. The summed E-state index contributed by atoms with van der Waals surface area (Å²) in [4.78, 5) is 24.7. The minimum absolute atomic E-state index is 0.0402. The SMILES string of the molecule is CC(=O)OC(C)(C)[C@H]1CC[C@@](C)([C@H]2CC[C@]3(C)[C@@H]2CC[C@@H]2[C@@]4(C)CCC(=O)C(C)(C)C4CC[C@]23C)O1. The smallest absolute Gasteiger partial charge is 0.303 e. The Hall–Kier alpha value is -0.900. The summed E-state index contributed by atoms with van der Waals surface area (Å²) in [6, 6.07) is 0. The third-order valence-corrected chi connectivity index (χ3v) is 13.4. The largest absolute Gasteiger partial charge is 0.457 e. The zero-order valence-electron chi connectivity index (χ0n) is 24.6. The lowest BCUT2D eigenvalue weighted by Gasteiger charge is -2.69. The van der Waals surface area contributed by atoms with Crippen LogP contribution >= 0.6 is 0 Å². The molecule has 4 nitrogen and oxygen atoms in total. The van der Waals surface area contributed by atoms with Crippen LogP contribution in [-0.2, 0) is 19.1 Å². The van der Waals surface area contributed by atoms with Gasteiger partial charge < -0.3 is 9.47 Å². The Morgan fingerprint density at radius 3 is 2.17 bits per heavy atom. The summed E-state index contributed by atoms with van der Waals surface area (Å²) in [5.41, 5.74) is -0.0161. The molecule has 0 aromatic rings. The second-order valence-electron chi connectivity index (χ2n) is 15.6. The maximum Gasteiger partial charge on any atom is 0.303 e. The Bertz CT molecular complexity index is 936. The molecular formula is C32H52O4. The highest BCUT2D eigenvalue weighted by atomic mass is 16.6. The first-order chi connectivity index (χ1) is 16.5. The van der Waals surface area contributed by atoms with E-state index in [1.807, 2.05) is 13.8 Å². The summed E-state index contributed by atoms with van der Waals surface area (Å²) in [7, 11) is 0. The molecule has 5 fully saturated rings. The molecule has 5 aliphatic rings. The van der Waals surface area contributed by atoms with Crippen molar-refractivity contribution in [2.75, 3.05) is 0 Å². The van der Waals surface area contributed by atoms with Gasteiger partial charge in [-0.15, -0.1) is 0 Å². The highest BCUT2D eigenvalue weighted by molar-refractivity contribution is 5.85. The molecule has 0 spiro atoms. The Labute approximate surface area is 220 Å². The van der Waals surface area contributed by atoms with Crippen LogP contribution in [-0.4, -0.2) is 29.1 Å². The van der Waals surface area contributed by atoms with E-state index >= 15 is 0 Å². The monoisotopic (exact) mass is 500 g/mol. The van der Waals surface area contributed by atoms with E-state index in [1.54, 1.807) is 0 Å². The molecule has 5 rings (SSSR count). The molecule has 0 aromatic heterocycles. The Balaban J connectivity index is 1.40. The van der Waals surface area contributed by atoms with Crippen molar-refractivity contribution in [3.8, 4) is 0 Å². The first-order valence-corrected chi connectivity index (χ1v) is 14.9. The molecule has 0 aromatic carbocycles. The molecule has 0 bridgehead atoms. The number of rotatable bonds is 3. The van der Waals surface area contributed by atoms with Crippen LogP contribution in [0.25, 0.3) is 0 Å². The fourth-order valence-electron chi connectivity index (χ4n) is 11.3. The molecule has 1 aliphatic heterocycles. The molecule has 36 heavy (non-hydrogen) atoms. The number of esters is 1. The number of ether oxygens (including phenoxy) is 2. The van der Waals surface area contributed by atoms with Gasteiger partial charge in [-0.3, -0.25) is 9.59 Å². The van der Waals surface area contributed by atoms with Crippen molar-refractivity contribution in [2.24, 2.45) is 45.3 Å². The van der Waals surface area contributed by atoms with E-state index in [1.165, 1.54) is 45.4 Å². The molecule has 4 heteroatoms. The topological polar surface area (TPSA) is 52.6 Å². The van der Waals surface area contributed by atoms with Crippen LogP contribution in [0.15, 0.2) is 0 Å². The van der Waals surface area contributed by atoms with Crippen LogP contribution < -0.4 is 0 Å². The van der Waals surface area contributed by atoms with Crippen molar-refractivity contribution >= 4 is 11.8 Å². The standard InChI is InChI=1S/C32H52O4/c1-20(33)35-28(4,5)26-15-19-32(9,36-26)22-12-17-30(7)21(22)10-11-24-29(6)16-14-25(34)27(2,3)23(29)13-18-31(24,30)8/h21-24,26H,10-19H2,1-9H3/t21-,22+,23?,24-,26-,29+,30-,31-,32+/m1/s1. The first-order valence-electron chi connectivity index (χ1n) is 14.9. The van der Waals surface area contributed by atoms with Gasteiger partial charge in [0.25, 0.3) is 0 Å². The normalized spacial score (nSPS) is 50.2. The maximum absolute atomic E-state index is 12.9. The summed E-state index contributed by atoms with van der Waals surface area (Å²) >= 11 is 0. The molecule has 0 amide bonds. The zero-order chi connectivity index (χ0) is 26.5. The van der Waals surface area contributed by atoms with Crippen molar-refractivity contribution in [2.45, 2.75) is 144 Å². The van der Waals surface area contributed by atoms with Gasteiger partial charge in [-0.1, -0.05) is 34.6 Å². The summed E-state index contributed by atoms with van der Waals surface area (Å²) in [6.07, 6.45) is 11.4. The van der Waals surface area contributed by atoms with Crippen molar-refractivity contribution in [1.82, 2.24) is 0 Å². The predicted molar refractivity (Wildman–Crippen MR) is 142 cm³/mol. The minimum Gasteiger partial charge on any atom is -0.457 e. The molecule has 0 N–H and O–H groups in total. The lowest BCUT2D eigenvalue weighted by atomic mass is 9.35. The number of Topliss-reactive ketones (excluding diaryl/α,β-unsaturated/α-hetero) is 1. The van der Waals surface area contributed by atoms with Gasteiger partial charge >= 0.3 is 5.97 Å². The summed E-state index contributed by atoms with van der Waals surface area (Å²) < 4.78 is 12.6. The fourth-order valence-corrected chi connectivity index (χ4v) is 11.3. The highest BCUT2D eigenvalue weighted by Crippen LogP contribution is 2.75. The second kappa shape index (κ2) is 8.06. The van der Waals surface area contributed by atoms with Crippen LogP contribution in [0.5, 0.6) is 0 Å². The van der Waals surface area contributed by atoms with Crippen molar-refractivity contribution in [3.05, 3.63) is 0 Å². The van der Waals surface area contributed by atoms with Crippen molar-refractivity contribution < 1.29 is 19.1 Å². The Morgan fingerprint density at radius 1 is 0.833 bits per heavy atom. The van der Waals surface area contributed by atoms with Gasteiger partial charge in [0, 0.05) is 18.8 Å². The molecule has 1 saturated heterocycles. The quantitative estimate of drug-likeness (QED) is 0.376. The van der Waals surface area contributed by atoms with Gasteiger partial charge in [0.1, 0.15) is 11.4 Å². The lowest BCUT2D eigenvalue weighted by Crippen LogP contribution is -2.63. The number of hydrogen-bond donors (Lipinski definition) is 0. The van der Waals surface area contributed by atoms with Crippen LogP contribution in [0.1, 0.15) is 127 Å². The highest BCUT2D eigenvalue weighted by Gasteiger charge is 2.70. The predicted octanol–water partition coefficient (Wildman–Crippen LogP) is 7.52. The first kappa shape index (κ1) is 26.7. The fraction of sp³-hybridized carbons (Fsp3) is 0.938. The average Bonchev–Trinajstić information content (AvgIpc) is 3.33. The number of fused-ring (bicyclic) bond motifs is 5. The molecule has 1 unspecified atom stereocenters. The van der Waals surface area contributed by atoms with E-state index in [9.17, 15) is 9.59 Å². The Kier molecular flexibility index (Phi) is 5.97. The molecule has 4 saturated carbocycles. The average molecular weight is 501 g/mol. The van der Waals surface area contributed by atoms with Crippen molar-refractivity contribution in [3.63, 3.8) is 0 Å². The summed E-state index contributed by atoms with van der Waals surface area (Å²) in [5.74, 6) is 2.72. The Morgan fingerprint density at radius 2 is 1.50 bits per heavy atom. The number of carbonyl (C=O) groups excluding carboxylic acids is 2. The summed E-state index contributed by atoms with van der Waals surface area (Å²) in [6.45, 7) is 20.2. The van der Waals surface area contributed by atoms with E-state index in [-0.39, 0.29) is 28.5 Å². The molecule has 1 heterocycles.